The van der Waals surface area contributed by atoms with E-state index in [-0.39, 0.29) is 5.56 Å². The molecule has 0 aliphatic carbocycles. The zero-order valence-corrected chi connectivity index (χ0v) is 5.87. The Labute approximate surface area is 66.9 Å². The summed E-state index contributed by atoms with van der Waals surface area (Å²) in [4.78, 5) is 23.3. The van der Waals surface area contributed by atoms with Gasteiger partial charge in [0.2, 0.25) is 0 Å². The van der Waals surface area contributed by atoms with Gasteiger partial charge in [-0.15, -0.1) is 0 Å². The van der Waals surface area contributed by atoms with Gasteiger partial charge in [-0.3, -0.25) is 4.79 Å². The number of nitrogens with zero attached hydrogens (tertiary/aromatic N) is 1. The molecule has 0 unspecified atom stereocenters. The first kappa shape index (κ1) is 8.01. The number of carbonyl (C=O) groups is 1. The van der Waals surface area contributed by atoms with Gasteiger partial charge in [-0.2, -0.15) is 5.26 Å². The largest absolute Gasteiger partial charge is 0.477 e. The average molecular weight is 164 g/mol. The second-order valence-electron chi connectivity index (χ2n) is 2.05. The van der Waals surface area contributed by atoms with Crippen molar-refractivity contribution in [2.24, 2.45) is 0 Å². The van der Waals surface area contributed by atoms with Crippen molar-refractivity contribution < 1.29 is 9.90 Å². The van der Waals surface area contributed by atoms with Crippen LogP contribution in [-0.2, 0) is 0 Å². The third-order valence-electron chi connectivity index (χ3n) is 1.26. The standard InChI is InChI=1S/C7H4N2O3/c8-2-4-1-5(7(11)12)6(10)9-3-4/h1,3H,(H,9,10)(H,11,12). The van der Waals surface area contributed by atoms with E-state index >= 15 is 0 Å². The number of pyridine rings is 1. The Morgan fingerprint density at radius 1 is 1.67 bits per heavy atom. The van der Waals surface area contributed by atoms with E-state index in [1.165, 1.54) is 0 Å². The number of hydrogen-bond acceptors (Lipinski definition) is 3. The molecule has 0 saturated carbocycles. The molecule has 5 heteroatoms. The Morgan fingerprint density at radius 3 is 2.83 bits per heavy atom. The topological polar surface area (TPSA) is 94.0 Å². The van der Waals surface area contributed by atoms with Crippen LogP contribution in [0.5, 0.6) is 0 Å². The first-order valence-corrected chi connectivity index (χ1v) is 3.01. The first-order chi connectivity index (χ1) is 5.65. The third kappa shape index (κ3) is 1.32. The van der Waals surface area contributed by atoms with E-state index in [1.54, 1.807) is 6.07 Å². The second kappa shape index (κ2) is 2.88. The molecule has 0 aliphatic rings. The minimum absolute atomic E-state index is 0.118. The van der Waals surface area contributed by atoms with Crippen LogP contribution in [0.15, 0.2) is 17.1 Å². The number of aromatic nitrogens is 1. The van der Waals surface area contributed by atoms with E-state index in [1.807, 2.05) is 0 Å². The summed E-state index contributed by atoms with van der Waals surface area (Å²) in [7, 11) is 0. The van der Waals surface area contributed by atoms with Gasteiger partial charge in [-0.25, -0.2) is 4.79 Å². The van der Waals surface area contributed by atoms with Gasteiger partial charge in [0.1, 0.15) is 11.6 Å². The molecule has 0 aliphatic heterocycles. The minimum Gasteiger partial charge on any atom is -0.477 e. The molecule has 0 aromatic carbocycles. The van der Waals surface area contributed by atoms with E-state index in [2.05, 4.69) is 4.98 Å². The van der Waals surface area contributed by atoms with Crippen molar-refractivity contribution in [3.05, 3.63) is 33.7 Å². The van der Waals surface area contributed by atoms with Crippen LogP contribution in [0.4, 0.5) is 0 Å². The zero-order chi connectivity index (χ0) is 9.14. The van der Waals surface area contributed by atoms with E-state index in [0.717, 1.165) is 12.3 Å². The molecule has 5 nitrogen and oxygen atoms in total. The Bertz CT molecular complexity index is 413. The number of rotatable bonds is 1. The van der Waals surface area contributed by atoms with Gasteiger partial charge < -0.3 is 10.1 Å². The van der Waals surface area contributed by atoms with E-state index in [9.17, 15) is 9.59 Å². The predicted molar refractivity (Wildman–Crippen MR) is 38.7 cm³/mol. The van der Waals surface area contributed by atoms with Crippen molar-refractivity contribution >= 4 is 5.97 Å². The van der Waals surface area contributed by atoms with Crippen LogP contribution in [0.1, 0.15) is 15.9 Å². The van der Waals surface area contributed by atoms with Crippen LogP contribution in [0, 0.1) is 11.3 Å². The summed E-state index contributed by atoms with van der Waals surface area (Å²) in [5.74, 6) is -1.34. The number of carboxylic acid groups (broad SMARTS) is 1. The molecule has 1 rings (SSSR count). The number of aromatic carboxylic acids is 1. The van der Waals surface area contributed by atoms with E-state index in [4.69, 9.17) is 10.4 Å². The molecule has 2 N–H and O–H groups in total. The summed E-state index contributed by atoms with van der Waals surface area (Å²) in [5, 5.41) is 16.8. The van der Waals surface area contributed by atoms with Crippen LogP contribution in [0.25, 0.3) is 0 Å². The maximum absolute atomic E-state index is 10.8. The molecule has 0 atom stereocenters. The molecule has 0 saturated heterocycles. The van der Waals surface area contributed by atoms with Crippen molar-refractivity contribution in [3.8, 4) is 6.07 Å². The summed E-state index contributed by atoms with van der Waals surface area (Å²) < 4.78 is 0. The summed E-state index contributed by atoms with van der Waals surface area (Å²) >= 11 is 0. The predicted octanol–water partition coefficient (Wildman–Crippen LogP) is -0.0552. The number of nitrogens with one attached hydrogen (secondary N) is 1. The van der Waals surface area contributed by atoms with Crippen LogP contribution in [-0.4, -0.2) is 16.1 Å². The Morgan fingerprint density at radius 2 is 2.33 bits per heavy atom. The molecular weight excluding hydrogens is 160 g/mol. The molecule has 60 valence electrons. The van der Waals surface area contributed by atoms with Gasteiger partial charge >= 0.3 is 5.97 Å². The Hall–Kier alpha value is -2.09. The fourth-order valence-corrected chi connectivity index (χ4v) is 0.707. The molecule has 1 aromatic rings. The van der Waals surface area contributed by atoms with Gasteiger partial charge in [0.15, 0.2) is 0 Å². The summed E-state index contributed by atoms with van der Waals surface area (Å²) in [5.41, 5.74) is -1.01. The number of H-pyrrole nitrogens is 1. The van der Waals surface area contributed by atoms with Crippen molar-refractivity contribution in [1.29, 1.82) is 5.26 Å². The molecule has 0 radical (unpaired) electrons. The first-order valence-electron chi connectivity index (χ1n) is 3.01. The Kier molecular flexibility index (Phi) is 1.92. The normalized spacial score (nSPS) is 8.92. The minimum atomic E-state index is -1.34. The fourth-order valence-electron chi connectivity index (χ4n) is 0.707. The molecule has 0 amide bonds. The van der Waals surface area contributed by atoms with Gasteiger partial charge in [0.05, 0.1) is 5.56 Å². The van der Waals surface area contributed by atoms with Gasteiger partial charge in [-0.1, -0.05) is 0 Å². The van der Waals surface area contributed by atoms with Gasteiger partial charge in [0, 0.05) is 6.20 Å². The second-order valence-corrected chi connectivity index (χ2v) is 2.05. The highest BCUT2D eigenvalue weighted by Gasteiger charge is 2.08. The molecule has 12 heavy (non-hydrogen) atoms. The highest BCUT2D eigenvalue weighted by molar-refractivity contribution is 5.87. The van der Waals surface area contributed by atoms with Crippen LogP contribution in [0.3, 0.4) is 0 Å². The van der Waals surface area contributed by atoms with Crippen LogP contribution < -0.4 is 5.56 Å². The highest BCUT2D eigenvalue weighted by Crippen LogP contribution is 1.95. The molecule has 0 fully saturated rings. The monoisotopic (exact) mass is 164 g/mol. The summed E-state index contributed by atoms with van der Waals surface area (Å²) in [6.07, 6.45) is 1.16. The number of hydrogen-bond donors (Lipinski definition) is 2. The summed E-state index contributed by atoms with van der Waals surface area (Å²) in [6, 6.07) is 2.74. The zero-order valence-electron chi connectivity index (χ0n) is 5.87. The van der Waals surface area contributed by atoms with Crippen molar-refractivity contribution in [1.82, 2.24) is 4.98 Å². The molecule has 1 aromatic heterocycles. The number of aromatic amines is 1. The molecule has 1 heterocycles. The highest BCUT2D eigenvalue weighted by atomic mass is 16.4. The SMILES string of the molecule is N#Cc1c[nH]c(=O)c(C(=O)O)c1. The van der Waals surface area contributed by atoms with Gasteiger partial charge in [0.25, 0.3) is 5.56 Å². The molecule has 0 bridgehead atoms. The van der Waals surface area contributed by atoms with E-state index in [0.29, 0.717) is 0 Å². The third-order valence-corrected chi connectivity index (χ3v) is 1.26. The van der Waals surface area contributed by atoms with Crippen LogP contribution in [0.2, 0.25) is 0 Å². The lowest BCUT2D eigenvalue weighted by Gasteiger charge is -1.91. The fraction of sp³-hybridized carbons (Fsp3) is 0. The lowest BCUT2D eigenvalue weighted by atomic mass is 10.2. The molecular formula is C7H4N2O3. The van der Waals surface area contributed by atoms with Crippen LogP contribution >= 0.6 is 0 Å². The maximum atomic E-state index is 10.8. The lowest BCUT2D eigenvalue weighted by molar-refractivity contribution is 0.0695. The van der Waals surface area contributed by atoms with Crippen molar-refractivity contribution in [2.45, 2.75) is 0 Å². The van der Waals surface area contributed by atoms with Gasteiger partial charge in [-0.05, 0) is 6.07 Å². The quantitative estimate of drug-likeness (QED) is 0.608. The maximum Gasteiger partial charge on any atom is 0.341 e. The lowest BCUT2D eigenvalue weighted by Crippen LogP contribution is -2.16. The summed E-state index contributed by atoms with van der Waals surface area (Å²) in [6.45, 7) is 0. The number of carboxylic acids is 1. The average Bonchev–Trinajstić information content (AvgIpc) is 2.05. The van der Waals surface area contributed by atoms with Crippen molar-refractivity contribution in [2.75, 3.05) is 0 Å². The Balaban J connectivity index is 3.39. The molecule has 0 spiro atoms. The number of nitriles is 1. The van der Waals surface area contributed by atoms with Crippen molar-refractivity contribution in [3.63, 3.8) is 0 Å². The smallest absolute Gasteiger partial charge is 0.341 e. The van der Waals surface area contributed by atoms with E-state index < -0.39 is 17.1 Å².